The van der Waals surface area contributed by atoms with Crippen LogP contribution in [0.4, 0.5) is 5.82 Å². The number of nitrogen functional groups attached to an aromatic ring is 1. The van der Waals surface area contributed by atoms with E-state index in [0.717, 1.165) is 21.5 Å². The van der Waals surface area contributed by atoms with Crippen molar-refractivity contribution in [3.63, 3.8) is 0 Å². The molecule has 1 aromatic carbocycles. The van der Waals surface area contributed by atoms with E-state index in [1.807, 2.05) is 31.2 Å². The number of nitrogens with two attached hydrogens (primary N) is 1. The van der Waals surface area contributed by atoms with Crippen molar-refractivity contribution in [3.8, 4) is 5.75 Å². The number of halogens is 1. The highest BCUT2D eigenvalue weighted by atomic mass is 79.9. The van der Waals surface area contributed by atoms with E-state index in [9.17, 15) is 0 Å². The highest BCUT2D eigenvalue weighted by Crippen LogP contribution is 2.24. The zero-order valence-corrected chi connectivity index (χ0v) is 11.4. The minimum absolute atomic E-state index is 0.622. The van der Waals surface area contributed by atoms with E-state index in [1.54, 1.807) is 11.8 Å². The molecule has 0 radical (unpaired) electrons. The minimum atomic E-state index is 0.622. The van der Waals surface area contributed by atoms with Crippen LogP contribution in [0.1, 0.15) is 11.3 Å². The first-order chi connectivity index (χ1) is 8.10. The summed E-state index contributed by atoms with van der Waals surface area (Å²) in [6.07, 6.45) is 0. The summed E-state index contributed by atoms with van der Waals surface area (Å²) >= 11 is 3.51. The van der Waals surface area contributed by atoms with Crippen molar-refractivity contribution in [2.45, 2.75) is 13.5 Å². The van der Waals surface area contributed by atoms with Gasteiger partial charge in [-0.3, -0.25) is 0 Å². The van der Waals surface area contributed by atoms with Crippen molar-refractivity contribution < 1.29 is 4.74 Å². The standard InChI is InChI=1S/C12H14BrN3O/c1-8-5-12(14)16(15-8)7-9-6-10(17-2)3-4-11(9)13/h3-6H,7,14H2,1-2H3. The lowest BCUT2D eigenvalue weighted by Gasteiger charge is -2.08. The molecule has 90 valence electrons. The molecule has 4 nitrogen and oxygen atoms in total. The van der Waals surface area contributed by atoms with Gasteiger partial charge in [0, 0.05) is 10.5 Å². The van der Waals surface area contributed by atoms with Gasteiger partial charge in [0.05, 0.1) is 19.3 Å². The first-order valence-electron chi connectivity index (χ1n) is 5.22. The van der Waals surface area contributed by atoms with E-state index in [-0.39, 0.29) is 0 Å². The largest absolute Gasteiger partial charge is 0.497 e. The second-order valence-electron chi connectivity index (χ2n) is 3.83. The molecule has 0 aliphatic rings. The van der Waals surface area contributed by atoms with Crippen LogP contribution in [0.3, 0.4) is 0 Å². The fourth-order valence-corrected chi connectivity index (χ4v) is 2.02. The maximum absolute atomic E-state index is 5.86. The Balaban J connectivity index is 2.32. The molecule has 0 unspecified atom stereocenters. The molecule has 0 atom stereocenters. The molecule has 0 fully saturated rings. The Morgan fingerprint density at radius 3 is 2.76 bits per heavy atom. The maximum atomic E-state index is 5.86. The average Bonchev–Trinajstić information content (AvgIpc) is 2.60. The van der Waals surface area contributed by atoms with Crippen molar-refractivity contribution in [3.05, 3.63) is 40.0 Å². The summed E-state index contributed by atoms with van der Waals surface area (Å²) in [5.41, 5.74) is 7.86. The van der Waals surface area contributed by atoms with Crippen molar-refractivity contribution in [2.75, 3.05) is 12.8 Å². The van der Waals surface area contributed by atoms with Crippen LogP contribution in [0.15, 0.2) is 28.7 Å². The lowest BCUT2D eigenvalue weighted by Crippen LogP contribution is -2.06. The summed E-state index contributed by atoms with van der Waals surface area (Å²) in [6, 6.07) is 7.70. The van der Waals surface area contributed by atoms with Crippen LogP contribution in [0, 0.1) is 6.92 Å². The van der Waals surface area contributed by atoms with Crippen LogP contribution in [-0.4, -0.2) is 16.9 Å². The number of aromatic nitrogens is 2. The maximum Gasteiger partial charge on any atom is 0.122 e. The van der Waals surface area contributed by atoms with Crippen LogP contribution in [0.25, 0.3) is 0 Å². The predicted octanol–water partition coefficient (Wildman–Crippen LogP) is 2.59. The number of aryl methyl sites for hydroxylation is 1. The quantitative estimate of drug-likeness (QED) is 0.947. The molecule has 5 heteroatoms. The third-order valence-corrected chi connectivity index (χ3v) is 3.28. The van der Waals surface area contributed by atoms with Crippen molar-refractivity contribution in [1.29, 1.82) is 0 Å². The zero-order valence-electron chi connectivity index (χ0n) is 9.77. The van der Waals surface area contributed by atoms with Gasteiger partial charge < -0.3 is 10.5 Å². The molecule has 0 bridgehead atoms. The van der Waals surface area contributed by atoms with Crippen molar-refractivity contribution >= 4 is 21.7 Å². The fraction of sp³-hybridized carbons (Fsp3) is 0.250. The summed E-state index contributed by atoms with van der Waals surface area (Å²) in [5.74, 6) is 1.49. The smallest absolute Gasteiger partial charge is 0.122 e. The van der Waals surface area contributed by atoms with Gasteiger partial charge in [0.15, 0.2) is 0 Å². The Bertz CT molecular complexity index is 537. The normalized spacial score (nSPS) is 10.5. The molecule has 2 rings (SSSR count). The van der Waals surface area contributed by atoms with Crippen LogP contribution in [0.5, 0.6) is 5.75 Å². The van der Waals surface area contributed by atoms with E-state index in [2.05, 4.69) is 21.0 Å². The summed E-state index contributed by atoms with van der Waals surface area (Å²) in [7, 11) is 1.65. The van der Waals surface area contributed by atoms with Gasteiger partial charge >= 0.3 is 0 Å². The Morgan fingerprint density at radius 2 is 2.18 bits per heavy atom. The Labute approximate surface area is 109 Å². The predicted molar refractivity (Wildman–Crippen MR) is 71.2 cm³/mol. The van der Waals surface area contributed by atoms with Gasteiger partial charge in [-0.15, -0.1) is 0 Å². The molecule has 0 saturated carbocycles. The number of rotatable bonds is 3. The van der Waals surface area contributed by atoms with Crippen molar-refractivity contribution in [1.82, 2.24) is 9.78 Å². The van der Waals surface area contributed by atoms with Crippen LogP contribution >= 0.6 is 15.9 Å². The first-order valence-corrected chi connectivity index (χ1v) is 6.02. The molecular weight excluding hydrogens is 282 g/mol. The van der Waals surface area contributed by atoms with Gasteiger partial charge in [0.25, 0.3) is 0 Å². The fourth-order valence-electron chi connectivity index (χ4n) is 1.65. The molecular formula is C12H14BrN3O. The summed E-state index contributed by atoms with van der Waals surface area (Å²) in [6.45, 7) is 2.55. The van der Waals surface area contributed by atoms with Crippen LogP contribution in [0.2, 0.25) is 0 Å². The van der Waals surface area contributed by atoms with E-state index in [1.165, 1.54) is 0 Å². The second kappa shape index (κ2) is 4.79. The van der Waals surface area contributed by atoms with E-state index < -0.39 is 0 Å². The lowest BCUT2D eigenvalue weighted by atomic mass is 10.2. The van der Waals surface area contributed by atoms with Gasteiger partial charge in [-0.1, -0.05) is 15.9 Å². The second-order valence-corrected chi connectivity index (χ2v) is 4.68. The molecule has 2 N–H and O–H groups in total. The first kappa shape index (κ1) is 12.0. The Kier molecular flexibility index (Phi) is 3.38. The summed E-state index contributed by atoms with van der Waals surface area (Å²) < 4.78 is 7.99. The Morgan fingerprint density at radius 1 is 1.41 bits per heavy atom. The number of anilines is 1. The molecule has 2 aromatic rings. The zero-order chi connectivity index (χ0) is 12.4. The van der Waals surface area contributed by atoms with Crippen LogP contribution < -0.4 is 10.5 Å². The van der Waals surface area contributed by atoms with E-state index in [0.29, 0.717) is 12.4 Å². The molecule has 1 heterocycles. The third-order valence-electron chi connectivity index (χ3n) is 2.51. The highest BCUT2D eigenvalue weighted by Gasteiger charge is 2.07. The number of ether oxygens (including phenoxy) is 1. The van der Waals surface area contributed by atoms with Gasteiger partial charge in [-0.25, -0.2) is 4.68 Å². The van der Waals surface area contributed by atoms with Gasteiger partial charge in [-0.2, -0.15) is 5.10 Å². The Hall–Kier alpha value is -1.49. The number of methoxy groups -OCH3 is 1. The molecule has 0 aliphatic carbocycles. The topological polar surface area (TPSA) is 53.1 Å². The summed E-state index contributed by atoms with van der Waals surface area (Å²) in [5, 5.41) is 4.33. The SMILES string of the molecule is COc1ccc(Br)c(Cn2nc(C)cc2N)c1. The number of hydrogen-bond acceptors (Lipinski definition) is 3. The number of benzene rings is 1. The van der Waals surface area contributed by atoms with Crippen LogP contribution in [-0.2, 0) is 6.54 Å². The number of nitrogens with zero attached hydrogens (tertiary/aromatic N) is 2. The van der Waals surface area contributed by atoms with Gasteiger partial charge in [-0.05, 0) is 30.7 Å². The van der Waals surface area contributed by atoms with E-state index >= 15 is 0 Å². The highest BCUT2D eigenvalue weighted by molar-refractivity contribution is 9.10. The monoisotopic (exact) mass is 295 g/mol. The molecule has 0 spiro atoms. The minimum Gasteiger partial charge on any atom is -0.497 e. The van der Waals surface area contributed by atoms with E-state index in [4.69, 9.17) is 10.5 Å². The molecule has 0 aliphatic heterocycles. The third kappa shape index (κ3) is 2.61. The number of hydrogen-bond donors (Lipinski definition) is 1. The lowest BCUT2D eigenvalue weighted by molar-refractivity contribution is 0.414. The average molecular weight is 296 g/mol. The molecule has 0 saturated heterocycles. The summed E-state index contributed by atoms with van der Waals surface area (Å²) in [4.78, 5) is 0. The van der Waals surface area contributed by atoms with Crippen molar-refractivity contribution in [2.24, 2.45) is 0 Å². The van der Waals surface area contributed by atoms with Gasteiger partial charge in [0.2, 0.25) is 0 Å². The molecule has 17 heavy (non-hydrogen) atoms. The molecule has 1 aromatic heterocycles. The molecule has 0 amide bonds. The van der Waals surface area contributed by atoms with Gasteiger partial charge in [0.1, 0.15) is 11.6 Å².